The highest BCUT2D eigenvalue weighted by Gasteiger charge is 2.42. The molecular formula is C19H18F3N5O3. The molecule has 0 saturated heterocycles. The summed E-state index contributed by atoms with van der Waals surface area (Å²) in [6, 6.07) is 5.38. The number of nitrogens with one attached hydrogen (secondary N) is 1. The molecule has 0 aromatic carbocycles. The molecule has 1 amide bonds. The highest BCUT2D eigenvalue weighted by atomic mass is 19.4. The average molecular weight is 421 g/mol. The van der Waals surface area contributed by atoms with Crippen molar-refractivity contribution < 1.29 is 27.1 Å². The largest absolute Gasteiger partial charge is 0.522 e. The lowest BCUT2D eigenvalue weighted by Crippen LogP contribution is -2.34. The van der Waals surface area contributed by atoms with Crippen molar-refractivity contribution in [2.75, 3.05) is 0 Å². The molecule has 4 rings (SSSR count). The van der Waals surface area contributed by atoms with E-state index in [-0.39, 0.29) is 30.4 Å². The number of allylic oxidation sites excluding steroid dienone is 1. The van der Waals surface area contributed by atoms with Crippen molar-refractivity contribution >= 4 is 11.4 Å². The minimum Gasteiger partial charge on any atom is -0.425 e. The van der Waals surface area contributed by atoms with E-state index in [9.17, 15) is 18.0 Å². The number of nitrogens with zero attached hydrogens (tertiary/aromatic N) is 4. The maximum Gasteiger partial charge on any atom is 0.522 e. The number of halogens is 3. The number of amides is 1. The molecule has 3 heterocycles. The zero-order valence-electron chi connectivity index (χ0n) is 15.7. The third kappa shape index (κ3) is 4.67. The molecule has 3 aromatic rings. The minimum atomic E-state index is -4.64. The number of carbonyl (C=O) groups is 1. The van der Waals surface area contributed by atoms with Gasteiger partial charge in [0, 0.05) is 29.7 Å². The molecule has 30 heavy (non-hydrogen) atoms. The van der Waals surface area contributed by atoms with Gasteiger partial charge in [0.2, 0.25) is 11.8 Å². The van der Waals surface area contributed by atoms with Crippen LogP contribution < -0.4 is 5.32 Å². The zero-order valence-corrected chi connectivity index (χ0v) is 15.7. The molecule has 1 fully saturated rings. The molecule has 11 heteroatoms. The van der Waals surface area contributed by atoms with Gasteiger partial charge in [0.15, 0.2) is 0 Å². The van der Waals surface area contributed by atoms with Gasteiger partial charge in [-0.2, -0.15) is 0 Å². The number of carbonyl (C=O) groups excluding carboxylic acids is 1. The summed E-state index contributed by atoms with van der Waals surface area (Å²) in [5, 5.41) is 10.5. The Balaban J connectivity index is 1.24. The summed E-state index contributed by atoms with van der Waals surface area (Å²) >= 11 is 0. The van der Waals surface area contributed by atoms with Gasteiger partial charge in [0.05, 0.1) is 12.4 Å². The van der Waals surface area contributed by atoms with Crippen molar-refractivity contribution in [3.63, 3.8) is 0 Å². The topological polar surface area (TPSA) is 94.5 Å². The number of fused-ring (bicyclic) bond motifs is 1. The molecule has 3 aromatic heterocycles. The van der Waals surface area contributed by atoms with Crippen LogP contribution in [-0.2, 0) is 11.2 Å². The first-order valence-corrected chi connectivity index (χ1v) is 9.25. The monoisotopic (exact) mass is 421 g/mol. The lowest BCUT2D eigenvalue weighted by molar-refractivity contribution is -0.352. The molecule has 0 spiro atoms. The molecule has 1 N–H and O–H groups in total. The van der Waals surface area contributed by atoms with Gasteiger partial charge in [-0.25, -0.2) is 4.98 Å². The summed E-state index contributed by atoms with van der Waals surface area (Å²) in [6.07, 6.45) is -1.06. The number of alkyl halides is 3. The Morgan fingerprint density at radius 3 is 2.93 bits per heavy atom. The number of hydrogen-bond donors (Lipinski definition) is 1. The smallest absolute Gasteiger partial charge is 0.425 e. The fraction of sp³-hybridized carbons (Fsp3) is 0.368. The minimum absolute atomic E-state index is 0.183. The summed E-state index contributed by atoms with van der Waals surface area (Å²) in [6.45, 7) is 3.82. The molecule has 8 nitrogen and oxygen atoms in total. The van der Waals surface area contributed by atoms with Crippen LogP contribution >= 0.6 is 0 Å². The van der Waals surface area contributed by atoms with Crippen molar-refractivity contribution in [2.45, 2.75) is 44.1 Å². The Morgan fingerprint density at radius 1 is 1.37 bits per heavy atom. The number of aromatic nitrogens is 4. The van der Waals surface area contributed by atoms with E-state index >= 15 is 0 Å². The highest BCUT2D eigenvalue weighted by molar-refractivity contribution is 5.94. The summed E-state index contributed by atoms with van der Waals surface area (Å²) < 4.78 is 47.8. The van der Waals surface area contributed by atoms with E-state index in [1.807, 2.05) is 18.3 Å². The molecule has 0 aliphatic heterocycles. The van der Waals surface area contributed by atoms with Gasteiger partial charge in [-0.05, 0) is 37.5 Å². The summed E-state index contributed by atoms with van der Waals surface area (Å²) in [7, 11) is 0. The SMILES string of the molecule is C=C(CCc1nnc([C@H]2C[C@@H](OC(F)(F)F)C2)o1)NC(=O)c1cc2cccn2cn1. The predicted octanol–water partition coefficient (Wildman–Crippen LogP) is 3.38. The van der Waals surface area contributed by atoms with Gasteiger partial charge in [-0.3, -0.25) is 9.53 Å². The average Bonchev–Trinajstić information content (AvgIpc) is 3.30. The van der Waals surface area contributed by atoms with Crippen molar-refractivity contribution in [1.82, 2.24) is 24.9 Å². The Bertz CT molecular complexity index is 1070. The predicted molar refractivity (Wildman–Crippen MR) is 97.3 cm³/mol. The fourth-order valence-corrected chi connectivity index (χ4v) is 3.19. The van der Waals surface area contributed by atoms with Crippen molar-refractivity contribution in [1.29, 1.82) is 0 Å². The maximum atomic E-state index is 12.3. The Hall–Kier alpha value is -3.21. The Kier molecular flexibility index (Phi) is 5.29. The third-order valence-corrected chi connectivity index (χ3v) is 4.81. The number of hydrogen-bond acceptors (Lipinski definition) is 6. The van der Waals surface area contributed by atoms with Crippen molar-refractivity contribution in [3.05, 3.63) is 60.5 Å². The second kappa shape index (κ2) is 7.90. The molecular weight excluding hydrogens is 403 g/mol. The normalized spacial score (nSPS) is 18.9. The van der Waals surface area contributed by atoms with E-state index in [0.29, 0.717) is 30.3 Å². The van der Waals surface area contributed by atoms with Crippen LogP contribution in [0.3, 0.4) is 0 Å². The molecule has 158 valence electrons. The summed E-state index contributed by atoms with van der Waals surface area (Å²) in [5.41, 5.74) is 1.57. The van der Waals surface area contributed by atoms with Crippen LogP contribution in [0.4, 0.5) is 13.2 Å². The number of rotatable bonds is 7. The lowest BCUT2D eigenvalue weighted by Gasteiger charge is -2.32. The van der Waals surface area contributed by atoms with Gasteiger partial charge in [-0.1, -0.05) is 6.58 Å². The number of ether oxygens (including phenoxy) is 1. The zero-order chi connectivity index (χ0) is 21.3. The Morgan fingerprint density at radius 2 is 2.17 bits per heavy atom. The first kappa shape index (κ1) is 20.1. The van der Waals surface area contributed by atoms with Crippen LogP contribution in [0, 0.1) is 0 Å². The first-order valence-electron chi connectivity index (χ1n) is 9.25. The van der Waals surface area contributed by atoms with E-state index in [0.717, 1.165) is 5.52 Å². The van der Waals surface area contributed by atoms with E-state index < -0.39 is 12.5 Å². The number of aryl methyl sites for hydroxylation is 1. The van der Waals surface area contributed by atoms with Gasteiger partial charge >= 0.3 is 6.36 Å². The summed E-state index contributed by atoms with van der Waals surface area (Å²) in [4.78, 5) is 16.4. The second-order valence-electron chi connectivity index (χ2n) is 7.06. The lowest BCUT2D eigenvalue weighted by atomic mass is 9.82. The van der Waals surface area contributed by atoms with Crippen molar-refractivity contribution in [3.8, 4) is 0 Å². The van der Waals surface area contributed by atoms with E-state index in [1.165, 1.54) is 0 Å². The molecule has 0 radical (unpaired) electrons. The molecule has 1 aliphatic carbocycles. The van der Waals surface area contributed by atoms with Gasteiger partial charge in [0.1, 0.15) is 5.69 Å². The van der Waals surface area contributed by atoms with E-state index in [4.69, 9.17) is 4.42 Å². The highest BCUT2D eigenvalue weighted by Crippen LogP contribution is 2.40. The Labute approximate surface area is 168 Å². The van der Waals surface area contributed by atoms with Crippen LogP contribution in [-0.4, -0.2) is 38.0 Å². The molecule has 1 saturated carbocycles. The molecule has 0 bridgehead atoms. The van der Waals surface area contributed by atoms with Gasteiger partial charge in [-0.15, -0.1) is 23.4 Å². The third-order valence-electron chi connectivity index (χ3n) is 4.81. The quantitative estimate of drug-likeness (QED) is 0.629. The van der Waals surface area contributed by atoms with Crippen LogP contribution in [0.15, 0.2) is 47.4 Å². The van der Waals surface area contributed by atoms with Crippen LogP contribution in [0.5, 0.6) is 0 Å². The second-order valence-corrected chi connectivity index (χ2v) is 7.06. The van der Waals surface area contributed by atoms with Gasteiger partial charge in [0.25, 0.3) is 5.91 Å². The van der Waals surface area contributed by atoms with Crippen molar-refractivity contribution in [2.24, 2.45) is 0 Å². The molecule has 0 unspecified atom stereocenters. The van der Waals surface area contributed by atoms with Crippen LogP contribution in [0.2, 0.25) is 0 Å². The standard InChI is InChI=1S/C19H18F3N5O3/c1-11(24-17(28)15-9-13-3-2-6-27(13)10-23-15)4-5-16-25-26-18(29-16)12-7-14(8-12)30-19(20,21)22/h2-3,6,9-10,12,14H,1,4-5,7-8H2,(H,24,28)/t12-,14+. The van der Waals surface area contributed by atoms with E-state index in [1.54, 1.807) is 16.8 Å². The summed E-state index contributed by atoms with van der Waals surface area (Å²) in [5.74, 6) is 0.0105. The fourth-order valence-electron chi connectivity index (χ4n) is 3.19. The van der Waals surface area contributed by atoms with Crippen LogP contribution in [0.25, 0.3) is 5.52 Å². The molecule has 0 atom stereocenters. The molecule has 1 aliphatic rings. The maximum absolute atomic E-state index is 12.3. The first-order chi connectivity index (χ1) is 14.3. The van der Waals surface area contributed by atoms with Crippen LogP contribution in [0.1, 0.15) is 47.5 Å². The van der Waals surface area contributed by atoms with Gasteiger partial charge < -0.3 is 14.1 Å². The van der Waals surface area contributed by atoms with E-state index in [2.05, 4.69) is 31.8 Å².